The zero-order valence-corrected chi connectivity index (χ0v) is 16.0. The predicted octanol–water partition coefficient (Wildman–Crippen LogP) is 3.92. The molecular formula is C22H24N6. The van der Waals surface area contributed by atoms with Gasteiger partial charge in [-0.25, -0.2) is 0 Å². The van der Waals surface area contributed by atoms with Crippen LogP contribution in [0.25, 0.3) is 17.0 Å². The van der Waals surface area contributed by atoms with Crippen molar-refractivity contribution >= 4 is 12.4 Å². The van der Waals surface area contributed by atoms with Crippen molar-refractivity contribution in [2.75, 3.05) is 13.6 Å². The van der Waals surface area contributed by atoms with Crippen LogP contribution in [0.1, 0.15) is 35.6 Å². The molecule has 2 aromatic heterocycles. The van der Waals surface area contributed by atoms with E-state index in [1.54, 1.807) is 12.4 Å². The largest absolute Gasteiger partial charge is 0.378 e. The Morgan fingerprint density at radius 2 is 2.25 bits per heavy atom. The van der Waals surface area contributed by atoms with Crippen molar-refractivity contribution < 1.29 is 0 Å². The fraction of sp³-hybridized carbons (Fsp3) is 0.273. The molecule has 0 aliphatic heterocycles. The SMILES string of the molecule is C=N/C(=C\N(C)CC1CCCc2ccccc21)c1cc(-c2cn[nH]n2)ccn1. The Bertz CT molecular complexity index is 976. The average Bonchev–Trinajstić information content (AvgIpc) is 3.27. The van der Waals surface area contributed by atoms with Gasteiger partial charge in [0.05, 0.1) is 11.9 Å². The molecule has 1 aliphatic rings. The predicted molar refractivity (Wildman–Crippen MR) is 112 cm³/mol. The van der Waals surface area contributed by atoms with Gasteiger partial charge in [-0.2, -0.15) is 15.4 Å². The molecule has 6 nitrogen and oxygen atoms in total. The zero-order valence-electron chi connectivity index (χ0n) is 16.0. The first kappa shape index (κ1) is 18.1. The number of nitrogens with one attached hydrogen (secondary N) is 1. The van der Waals surface area contributed by atoms with E-state index >= 15 is 0 Å². The van der Waals surface area contributed by atoms with E-state index in [1.165, 1.54) is 30.4 Å². The van der Waals surface area contributed by atoms with Crippen LogP contribution in [0.15, 0.2) is 60.0 Å². The van der Waals surface area contributed by atoms with Crippen LogP contribution in [0.4, 0.5) is 0 Å². The van der Waals surface area contributed by atoms with Gasteiger partial charge in [-0.15, -0.1) is 0 Å². The van der Waals surface area contributed by atoms with Gasteiger partial charge in [0.2, 0.25) is 0 Å². The number of rotatable bonds is 6. The van der Waals surface area contributed by atoms with Gasteiger partial charge >= 0.3 is 0 Å². The van der Waals surface area contributed by atoms with Crippen LogP contribution in [-0.4, -0.2) is 45.6 Å². The molecule has 0 bridgehead atoms. The van der Waals surface area contributed by atoms with E-state index in [0.717, 1.165) is 29.2 Å². The van der Waals surface area contributed by atoms with Gasteiger partial charge in [0.1, 0.15) is 11.4 Å². The van der Waals surface area contributed by atoms with E-state index in [0.29, 0.717) is 5.92 Å². The highest BCUT2D eigenvalue weighted by Crippen LogP contribution is 2.32. The Balaban J connectivity index is 1.54. The third-order valence-electron chi connectivity index (χ3n) is 5.25. The fourth-order valence-corrected chi connectivity index (χ4v) is 3.91. The Kier molecular flexibility index (Phi) is 5.28. The highest BCUT2D eigenvalue weighted by Gasteiger charge is 2.20. The second kappa shape index (κ2) is 8.17. The summed E-state index contributed by atoms with van der Waals surface area (Å²) in [6.45, 7) is 4.69. The molecular weight excluding hydrogens is 348 g/mol. The summed E-state index contributed by atoms with van der Waals surface area (Å²) < 4.78 is 0. The smallest absolute Gasteiger partial charge is 0.112 e. The molecule has 0 saturated carbocycles. The highest BCUT2D eigenvalue weighted by molar-refractivity contribution is 5.69. The number of aliphatic imine (C=N–C) groups is 1. The van der Waals surface area contributed by atoms with Gasteiger partial charge < -0.3 is 4.90 Å². The summed E-state index contributed by atoms with van der Waals surface area (Å²) in [6.07, 6.45) is 9.12. The van der Waals surface area contributed by atoms with Crippen LogP contribution >= 0.6 is 0 Å². The number of hydrogen-bond donors (Lipinski definition) is 1. The summed E-state index contributed by atoms with van der Waals surface area (Å²) in [5.41, 5.74) is 6.20. The first-order chi connectivity index (χ1) is 13.7. The van der Waals surface area contributed by atoms with Crippen molar-refractivity contribution in [1.29, 1.82) is 0 Å². The number of benzene rings is 1. The van der Waals surface area contributed by atoms with Crippen molar-refractivity contribution in [1.82, 2.24) is 25.3 Å². The molecule has 0 amide bonds. The number of likely N-dealkylation sites (N-methyl/N-ethyl adjacent to an activating group) is 1. The van der Waals surface area contributed by atoms with Crippen molar-refractivity contribution in [2.45, 2.75) is 25.2 Å². The fourth-order valence-electron chi connectivity index (χ4n) is 3.91. The van der Waals surface area contributed by atoms with Crippen molar-refractivity contribution in [3.63, 3.8) is 0 Å². The van der Waals surface area contributed by atoms with Gasteiger partial charge in [-0.05, 0) is 49.2 Å². The lowest BCUT2D eigenvalue weighted by Gasteiger charge is -2.29. The maximum absolute atomic E-state index is 4.47. The molecule has 0 radical (unpaired) electrons. The maximum atomic E-state index is 4.47. The third kappa shape index (κ3) is 3.86. The second-order valence-corrected chi connectivity index (χ2v) is 7.18. The summed E-state index contributed by atoms with van der Waals surface area (Å²) in [4.78, 5) is 10.9. The van der Waals surface area contributed by atoms with E-state index < -0.39 is 0 Å². The number of fused-ring (bicyclic) bond motifs is 1. The van der Waals surface area contributed by atoms with Crippen LogP contribution in [-0.2, 0) is 6.42 Å². The molecule has 6 heteroatoms. The summed E-state index contributed by atoms with van der Waals surface area (Å²) in [6, 6.07) is 12.7. The van der Waals surface area contributed by atoms with Gasteiger partial charge in [-0.3, -0.25) is 9.98 Å². The lowest BCUT2D eigenvalue weighted by Crippen LogP contribution is -2.23. The van der Waals surface area contributed by atoms with Crippen LogP contribution in [0, 0.1) is 0 Å². The van der Waals surface area contributed by atoms with Crippen molar-refractivity contribution in [3.05, 3.63) is 71.8 Å². The van der Waals surface area contributed by atoms with E-state index in [9.17, 15) is 0 Å². The molecule has 0 saturated heterocycles. The van der Waals surface area contributed by atoms with Crippen molar-refractivity contribution in [2.24, 2.45) is 4.99 Å². The minimum Gasteiger partial charge on any atom is -0.378 e. The maximum Gasteiger partial charge on any atom is 0.112 e. The zero-order chi connectivity index (χ0) is 19.3. The molecule has 1 aromatic carbocycles. The van der Waals surface area contributed by atoms with E-state index in [1.807, 2.05) is 18.3 Å². The summed E-state index contributed by atoms with van der Waals surface area (Å²) in [5, 5.41) is 10.6. The number of H-pyrrole nitrogens is 1. The van der Waals surface area contributed by atoms with Crippen LogP contribution in [0.3, 0.4) is 0 Å². The molecule has 4 rings (SSSR count). The van der Waals surface area contributed by atoms with Gasteiger partial charge in [0.15, 0.2) is 0 Å². The Hall–Kier alpha value is -3.28. The topological polar surface area (TPSA) is 70.1 Å². The number of nitrogens with zero attached hydrogens (tertiary/aromatic N) is 5. The number of pyridine rings is 1. The first-order valence-corrected chi connectivity index (χ1v) is 9.54. The Labute approximate surface area is 165 Å². The van der Waals surface area contributed by atoms with Gasteiger partial charge in [-0.1, -0.05) is 24.3 Å². The monoisotopic (exact) mass is 372 g/mol. The van der Waals surface area contributed by atoms with E-state index in [-0.39, 0.29) is 0 Å². The van der Waals surface area contributed by atoms with E-state index in [4.69, 9.17) is 0 Å². The Morgan fingerprint density at radius 3 is 3.07 bits per heavy atom. The third-order valence-corrected chi connectivity index (χ3v) is 5.25. The second-order valence-electron chi connectivity index (χ2n) is 7.18. The molecule has 1 unspecified atom stereocenters. The molecule has 0 fully saturated rings. The lowest BCUT2D eigenvalue weighted by molar-refractivity contribution is 0.385. The lowest BCUT2D eigenvalue weighted by atomic mass is 9.82. The van der Waals surface area contributed by atoms with Gasteiger partial charge in [0, 0.05) is 37.5 Å². The normalized spacial score (nSPS) is 16.5. The number of aromatic amines is 1. The molecule has 3 aromatic rings. The minimum absolute atomic E-state index is 0.534. The number of hydrogen-bond acceptors (Lipinski definition) is 5. The number of aromatic nitrogens is 4. The molecule has 1 atom stereocenters. The van der Waals surface area contributed by atoms with E-state index in [2.05, 4.69) is 68.3 Å². The average molecular weight is 372 g/mol. The minimum atomic E-state index is 0.534. The molecule has 142 valence electrons. The summed E-state index contributed by atoms with van der Waals surface area (Å²) in [7, 11) is 2.09. The van der Waals surface area contributed by atoms with Crippen LogP contribution in [0.2, 0.25) is 0 Å². The molecule has 0 spiro atoms. The van der Waals surface area contributed by atoms with Crippen LogP contribution in [0.5, 0.6) is 0 Å². The molecule has 2 heterocycles. The number of aryl methyl sites for hydroxylation is 1. The highest BCUT2D eigenvalue weighted by atomic mass is 15.3. The van der Waals surface area contributed by atoms with Crippen LogP contribution < -0.4 is 0 Å². The van der Waals surface area contributed by atoms with Gasteiger partial charge in [0.25, 0.3) is 0 Å². The van der Waals surface area contributed by atoms with Crippen molar-refractivity contribution in [3.8, 4) is 11.3 Å². The molecule has 1 N–H and O–H groups in total. The first-order valence-electron chi connectivity index (χ1n) is 9.54. The standard InChI is InChI=1S/C22H24N6/c1-23-22(20-12-17(10-11-24-20)21-13-25-27-26-21)15-28(2)14-18-8-5-7-16-6-3-4-9-19(16)18/h3-4,6,9-13,15,18H,1,5,7-8,14H2,2H3,(H,25,26,27)/b22-15-. The summed E-state index contributed by atoms with van der Waals surface area (Å²) in [5.74, 6) is 0.534. The Morgan fingerprint density at radius 1 is 1.36 bits per heavy atom. The quantitative estimate of drug-likeness (QED) is 0.666. The summed E-state index contributed by atoms with van der Waals surface area (Å²) >= 11 is 0. The molecule has 28 heavy (non-hydrogen) atoms. The molecule has 1 aliphatic carbocycles.